The van der Waals surface area contributed by atoms with Crippen molar-refractivity contribution in [3.63, 3.8) is 0 Å². The Labute approximate surface area is 263 Å². The second-order valence-corrected chi connectivity index (χ2v) is 12.6. The zero-order chi connectivity index (χ0) is 31.1. The van der Waals surface area contributed by atoms with E-state index in [0.29, 0.717) is 19.1 Å². The third kappa shape index (κ3) is 11.3. The standard InChI is InChI=1S/C28H46N2O4.C7H7NO2/c1-29-15-9-17-30(16-8-7-10-22-13-14-27-28(18-22)34-21-33-27)19-24(26(32)20-29)23-11-5-3-2-4-6-12-25(23)31;8-7(9)10-6-4-2-1-3-5-6/h13-14,18,23-26,31-32H,2-12,15-17,19-21H2,1H3;1-5H,(H2,8,9). The van der Waals surface area contributed by atoms with E-state index in [2.05, 4.69) is 33.7 Å². The van der Waals surface area contributed by atoms with Gasteiger partial charge in [0.25, 0.3) is 0 Å². The van der Waals surface area contributed by atoms with Gasteiger partial charge >= 0.3 is 6.09 Å². The van der Waals surface area contributed by atoms with Gasteiger partial charge in [-0.15, -0.1) is 0 Å². The van der Waals surface area contributed by atoms with Crippen molar-refractivity contribution in [2.45, 2.75) is 82.8 Å². The van der Waals surface area contributed by atoms with Crippen molar-refractivity contribution >= 4 is 6.09 Å². The average molecular weight is 612 g/mol. The van der Waals surface area contributed by atoms with Crippen molar-refractivity contribution in [1.29, 1.82) is 0 Å². The number of aliphatic hydroxyl groups excluding tert-OH is 2. The maximum Gasteiger partial charge on any atom is 0.409 e. The first-order valence-electron chi connectivity index (χ1n) is 16.6. The van der Waals surface area contributed by atoms with Crippen LogP contribution in [0.3, 0.4) is 0 Å². The lowest BCUT2D eigenvalue weighted by Crippen LogP contribution is -2.45. The number of fused-ring (bicyclic) bond motifs is 1. The van der Waals surface area contributed by atoms with Crippen LogP contribution in [0.5, 0.6) is 17.2 Å². The third-order valence-electron chi connectivity index (χ3n) is 9.15. The molecule has 4 N–H and O–H groups in total. The van der Waals surface area contributed by atoms with Crippen LogP contribution in [0.4, 0.5) is 4.79 Å². The van der Waals surface area contributed by atoms with E-state index in [9.17, 15) is 15.0 Å². The van der Waals surface area contributed by atoms with E-state index in [4.69, 9.17) is 15.2 Å². The topological polar surface area (TPSA) is 118 Å². The molecule has 0 bridgehead atoms. The molecule has 3 aliphatic rings. The molecule has 0 aromatic heterocycles. The first-order chi connectivity index (χ1) is 21.4. The molecule has 1 saturated carbocycles. The monoisotopic (exact) mass is 611 g/mol. The van der Waals surface area contributed by atoms with Gasteiger partial charge in [0.2, 0.25) is 6.79 Å². The molecule has 9 heteroatoms. The van der Waals surface area contributed by atoms with Gasteiger partial charge in [0, 0.05) is 19.0 Å². The van der Waals surface area contributed by atoms with E-state index < -0.39 is 6.09 Å². The molecule has 2 aromatic rings. The summed E-state index contributed by atoms with van der Waals surface area (Å²) >= 11 is 0. The number of nitrogens with zero attached hydrogens (tertiary/aromatic N) is 2. The second-order valence-electron chi connectivity index (χ2n) is 12.6. The fraction of sp³-hybridized carbons (Fsp3) is 0.629. The van der Waals surface area contributed by atoms with E-state index in [1.54, 1.807) is 24.3 Å². The number of carbonyl (C=O) groups excluding carboxylic acids is 1. The molecule has 44 heavy (non-hydrogen) atoms. The first-order valence-corrected chi connectivity index (χ1v) is 16.6. The van der Waals surface area contributed by atoms with Crippen molar-refractivity contribution in [3.05, 3.63) is 54.1 Å². The number of nitrogens with two attached hydrogens (primary N) is 1. The van der Waals surface area contributed by atoms with Gasteiger partial charge in [-0.3, -0.25) is 0 Å². The van der Waals surface area contributed by atoms with Gasteiger partial charge in [-0.05, 0) is 101 Å². The summed E-state index contributed by atoms with van der Waals surface area (Å²) in [7, 11) is 2.13. The highest BCUT2D eigenvalue weighted by molar-refractivity contribution is 5.67. The lowest BCUT2D eigenvalue weighted by Gasteiger charge is -2.37. The molecule has 0 spiro atoms. The fourth-order valence-electron chi connectivity index (χ4n) is 6.78. The number of primary amides is 1. The molecule has 4 atom stereocenters. The molecule has 244 valence electrons. The molecule has 2 heterocycles. The van der Waals surface area contributed by atoms with Crippen LogP contribution in [0.15, 0.2) is 48.5 Å². The van der Waals surface area contributed by atoms with E-state index in [0.717, 1.165) is 82.6 Å². The van der Waals surface area contributed by atoms with Crippen LogP contribution in [0.1, 0.15) is 69.8 Å². The van der Waals surface area contributed by atoms with Gasteiger partial charge in [-0.25, -0.2) is 4.79 Å². The Kier molecular flexibility index (Phi) is 14.1. The number of β-amino-alcohol motifs (C(OH)–C–C–N with tert-alkyl or cyclic N) is 1. The summed E-state index contributed by atoms with van der Waals surface area (Å²) in [4.78, 5) is 15.0. The Hall–Kier alpha value is -2.85. The van der Waals surface area contributed by atoms with Crippen LogP contribution in [-0.2, 0) is 6.42 Å². The van der Waals surface area contributed by atoms with Crippen molar-refractivity contribution in [2.75, 3.05) is 46.6 Å². The number of unbranched alkanes of at least 4 members (excludes halogenated alkanes) is 1. The zero-order valence-corrected chi connectivity index (χ0v) is 26.4. The Balaban J connectivity index is 0.000000375. The highest BCUT2D eigenvalue weighted by atomic mass is 16.7. The summed E-state index contributed by atoms with van der Waals surface area (Å²) in [6, 6.07) is 14.9. The molecule has 0 radical (unpaired) electrons. The van der Waals surface area contributed by atoms with Gasteiger partial charge in [0.1, 0.15) is 5.75 Å². The average Bonchev–Trinajstić information content (AvgIpc) is 3.52. The molecule has 1 aliphatic carbocycles. The Morgan fingerprint density at radius 1 is 0.864 bits per heavy atom. The van der Waals surface area contributed by atoms with Gasteiger partial charge in [0.15, 0.2) is 11.5 Å². The maximum atomic E-state index is 11.3. The number of rotatable bonds is 7. The molecular formula is C35H53N3O6. The summed E-state index contributed by atoms with van der Waals surface area (Å²) in [6.45, 7) is 5.09. The van der Waals surface area contributed by atoms with E-state index in [1.807, 2.05) is 12.1 Å². The van der Waals surface area contributed by atoms with E-state index in [1.165, 1.54) is 31.2 Å². The van der Waals surface area contributed by atoms with Crippen LogP contribution in [0, 0.1) is 11.8 Å². The molecule has 2 aliphatic heterocycles. The molecule has 1 amide bonds. The number of ether oxygens (including phenoxy) is 3. The lowest BCUT2D eigenvalue weighted by atomic mass is 9.78. The minimum atomic E-state index is -0.786. The minimum Gasteiger partial charge on any atom is -0.454 e. The lowest BCUT2D eigenvalue weighted by molar-refractivity contribution is -0.0216. The van der Waals surface area contributed by atoms with Gasteiger partial charge < -0.3 is 40.0 Å². The van der Waals surface area contributed by atoms with Crippen molar-refractivity contribution in [3.8, 4) is 17.2 Å². The molecule has 1 saturated heterocycles. The Bertz CT molecular complexity index is 1120. The quantitative estimate of drug-likeness (QED) is 0.365. The number of para-hydroxylation sites is 1. The van der Waals surface area contributed by atoms with Crippen LogP contribution in [-0.4, -0.2) is 84.9 Å². The van der Waals surface area contributed by atoms with Crippen LogP contribution in [0.2, 0.25) is 0 Å². The molecule has 2 fully saturated rings. The summed E-state index contributed by atoms with van der Waals surface area (Å²) in [5, 5.41) is 22.4. The highest BCUT2D eigenvalue weighted by Gasteiger charge is 2.35. The molecular weight excluding hydrogens is 558 g/mol. The molecule has 9 nitrogen and oxygen atoms in total. The summed E-state index contributed by atoms with van der Waals surface area (Å²) < 4.78 is 15.5. The summed E-state index contributed by atoms with van der Waals surface area (Å²) in [5.74, 6) is 2.53. The van der Waals surface area contributed by atoms with Crippen molar-refractivity contribution < 1.29 is 29.2 Å². The van der Waals surface area contributed by atoms with Gasteiger partial charge in [-0.1, -0.05) is 56.4 Å². The number of carbonyl (C=O) groups is 1. The fourth-order valence-corrected chi connectivity index (χ4v) is 6.78. The Morgan fingerprint density at radius 3 is 2.41 bits per heavy atom. The van der Waals surface area contributed by atoms with E-state index in [-0.39, 0.29) is 24.0 Å². The number of aryl methyl sites for hydroxylation is 1. The second kappa shape index (κ2) is 18.2. The number of hydrogen-bond donors (Lipinski definition) is 3. The predicted octanol–water partition coefficient (Wildman–Crippen LogP) is 5.22. The normalized spacial score (nSPS) is 25.2. The molecule has 5 rings (SSSR count). The largest absolute Gasteiger partial charge is 0.454 e. The van der Waals surface area contributed by atoms with Gasteiger partial charge in [-0.2, -0.15) is 0 Å². The SMILES string of the molecule is CN1CCCN(CCCCc2ccc3c(c2)OCO3)CC(C2CCCCCCCC2O)C(O)C1.NC(=O)Oc1ccccc1. The zero-order valence-electron chi connectivity index (χ0n) is 26.4. The van der Waals surface area contributed by atoms with E-state index >= 15 is 0 Å². The number of aliphatic hydroxyl groups is 2. The predicted molar refractivity (Wildman–Crippen MR) is 172 cm³/mol. The smallest absolute Gasteiger partial charge is 0.409 e. The number of amides is 1. The number of hydrogen-bond acceptors (Lipinski definition) is 8. The minimum absolute atomic E-state index is 0.141. The Morgan fingerprint density at radius 2 is 1.61 bits per heavy atom. The summed E-state index contributed by atoms with van der Waals surface area (Å²) in [5.41, 5.74) is 6.07. The van der Waals surface area contributed by atoms with Crippen LogP contribution in [0.25, 0.3) is 0 Å². The summed E-state index contributed by atoms with van der Waals surface area (Å²) in [6.07, 6.45) is 11.0. The highest BCUT2D eigenvalue weighted by Crippen LogP contribution is 2.34. The number of likely N-dealkylation sites (N-methyl/N-ethyl adjacent to an activating group) is 1. The van der Waals surface area contributed by atoms with Crippen molar-refractivity contribution in [2.24, 2.45) is 17.6 Å². The molecule has 2 aromatic carbocycles. The van der Waals surface area contributed by atoms with Gasteiger partial charge in [0.05, 0.1) is 12.2 Å². The third-order valence-corrected chi connectivity index (χ3v) is 9.15. The van der Waals surface area contributed by atoms with Crippen LogP contribution >= 0.6 is 0 Å². The molecule has 4 unspecified atom stereocenters. The first kappa shape index (κ1) is 34.0. The maximum absolute atomic E-state index is 11.3. The van der Waals surface area contributed by atoms with Crippen molar-refractivity contribution in [1.82, 2.24) is 9.80 Å². The number of benzene rings is 2. The van der Waals surface area contributed by atoms with Crippen LogP contribution < -0.4 is 19.9 Å².